The minimum absolute atomic E-state index is 0.00981. The summed E-state index contributed by atoms with van der Waals surface area (Å²) in [6, 6.07) is 13.2. The molecule has 1 amide bonds. The second kappa shape index (κ2) is 9.85. The average Bonchev–Trinajstić information content (AvgIpc) is 2.74. The Balaban J connectivity index is 1.57. The van der Waals surface area contributed by atoms with Gasteiger partial charge >= 0.3 is 0 Å². The summed E-state index contributed by atoms with van der Waals surface area (Å²) in [4.78, 5) is 16.3. The predicted octanol–water partition coefficient (Wildman–Crippen LogP) is 2.48. The zero-order valence-electron chi connectivity index (χ0n) is 17.2. The second-order valence-corrected chi connectivity index (χ2v) is 7.51. The van der Waals surface area contributed by atoms with Crippen LogP contribution in [0.4, 0.5) is 11.4 Å². The number of rotatable bonds is 7. The number of piperazine rings is 1. The van der Waals surface area contributed by atoms with Crippen LogP contribution in [-0.2, 0) is 4.79 Å². The van der Waals surface area contributed by atoms with Gasteiger partial charge in [-0.2, -0.15) is 0 Å². The van der Waals surface area contributed by atoms with Gasteiger partial charge in [0.1, 0.15) is 11.5 Å². The lowest BCUT2D eigenvalue weighted by Crippen LogP contribution is -3.19. The van der Waals surface area contributed by atoms with Crippen molar-refractivity contribution in [1.29, 1.82) is 0 Å². The molecular weight excluding hydrogens is 390 g/mol. The monoisotopic (exact) mass is 418 g/mol. The van der Waals surface area contributed by atoms with E-state index in [0.717, 1.165) is 37.6 Å². The van der Waals surface area contributed by atoms with Gasteiger partial charge in [-0.3, -0.25) is 4.79 Å². The number of anilines is 2. The fourth-order valence-electron chi connectivity index (χ4n) is 3.64. The predicted molar refractivity (Wildman–Crippen MR) is 117 cm³/mol. The van der Waals surface area contributed by atoms with Crippen molar-refractivity contribution in [3.05, 3.63) is 47.5 Å². The van der Waals surface area contributed by atoms with Crippen LogP contribution >= 0.6 is 11.6 Å². The second-order valence-electron chi connectivity index (χ2n) is 7.11. The van der Waals surface area contributed by atoms with Crippen molar-refractivity contribution in [3.8, 4) is 11.5 Å². The van der Waals surface area contributed by atoms with Crippen molar-refractivity contribution in [3.63, 3.8) is 0 Å². The van der Waals surface area contributed by atoms with Crippen molar-refractivity contribution < 1.29 is 19.2 Å². The summed E-state index contributed by atoms with van der Waals surface area (Å²) in [6.07, 6.45) is 0. The molecule has 0 unspecified atom stereocenters. The molecule has 1 fully saturated rings. The number of carbonyl (C=O) groups excluding carboxylic acids is 1. The first-order chi connectivity index (χ1) is 14.0. The minimum Gasteiger partial charge on any atom is -0.495 e. The van der Waals surface area contributed by atoms with E-state index in [4.69, 9.17) is 21.1 Å². The van der Waals surface area contributed by atoms with Gasteiger partial charge in [0.15, 0.2) is 6.04 Å². The number of nitrogens with zero attached hydrogens (tertiary/aromatic N) is 1. The Hall–Kier alpha value is -2.44. The third-order valence-electron chi connectivity index (χ3n) is 5.34. The van der Waals surface area contributed by atoms with E-state index in [0.29, 0.717) is 23.1 Å². The fraction of sp³-hybridized carbons (Fsp3) is 0.409. The summed E-state index contributed by atoms with van der Waals surface area (Å²) in [5.74, 6) is 1.50. The first-order valence-corrected chi connectivity index (χ1v) is 10.4. The SMILES string of the molecule is CCOc1ccccc1N1CC[NH+]([C@@H](C)C(=O)Nc2ccc(OC)c(Cl)c2)CC1. The number of nitrogens with one attached hydrogen (secondary N) is 2. The largest absolute Gasteiger partial charge is 0.495 e. The van der Waals surface area contributed by atoms with E-state index in [2.05, 4.69) is 16.3 Å². The Labute approximate surface area is 177 Å². The van der Waals surface area contributed by atoms with E-state index in [-0.39, 0.29) is 11.9 Å². The van der Waals surface area contributed by atoms with Crippen molar-refractivity contribution in [1.82, 2.24) is 0 Å². The molecule has 29 heavy (non-hydrogen) atoms. The number of para-hydroxylation sites is 2. The third kappa shape index (κ3) is 5.14. The van der Waals surface area contributed by atoms with Crippen molar-refractivity contribution in [2.45, 2.75) is 19.9 Å². The minimum atomic E-state index is -0.153. The molecule has 0 saturated carbocycles. The lowest BCUT2D eigenvalue weighted by Gasteiger charge is -2.36. The zero-order valence-corrected chi connectivity index (χ0v) is 18.0. The molecule has 0 radical (unpaired) electrons. The lowest BCUT2D eigenvalue weighted by molar-refractivity contribution is -0.914. The van der Waals surface area contributed by atoms with Gasteiger partial charge in [0, 0.05) is 5.69 Å². The van der Waals surface area contributed by atoms with Crippen molar-refractivity contribution in [2.24, 2.45) is 0 Å². The molecule has 2 N–H and O–H groups in total. The van der Waals surface area contributed by atoms with Crippen LogP contribution in [0.25, 0.3) is 0 Å². The number of hydrogen-bond donors (Lipinski definition) is 2. The smallest absolute Gasteiger partial charge is 0.282 e. The van der Waals surface area contributed by atoms with Gasteiger partial charge in [0.2, 0.25) is 0 Å². The number of ether oxygens (including phenoxy) is 2. The van der Waals surface area contributed by atoms with Crippen LogP contribution < -0.4 is 24.6 Å². The van der Waals surface area contributed by atoms with Crippen molar-refractivity contribution >= 4 is 28.9 Å². The molecule has 1 heterocycles. The number of halogens is 1. The van der Waals surface area contributed by atoms with Gasteiger partial charge in [0.05, 0.1) is 50.6 Å². The maximum atomic E-state index is 12.7. The summed E-state index contributed by atoms with van der Waals surface area (Å²) in [7, 11) is 1.57. The molecule has 0 spiro atoms. The van der Waals surface area contributed by atoms with Crippen LogP contribution in [0.1, 0.15) is 13.8 Å². The number of quaternary nitrogens is 1. The number of carbonyl (C=O) groups is 1. The van der Waals surface area contributed by atoms with Gasteiger partial charge in [0.25, 0.3) is 5.91 Å². The third-order valence-corrected chi connectivity index (χ3v) is 5.63. The standard InChI is InChI=1S/C22H28ClN3O3/c1-4-29-21-8-6-5-7-19(21)26-13-11-25(12-14-26)16(2)22(27)24-17-9-10-20(28-3)18(23)15-17/h5-10,15-16H,4,11-14H2,1-3H3,(H,24,27)/p+1/t16-/m0/s1. The highest BCUT2D eigenvalue weighted by molar-refractivity contribution is 6.32. The summed E-state index contributed by atoms with van der Waals surface area (Å²) >= 11 is 6.15. The summed E-state index contributed by atoms with van der Waals surface area (Å²) in [6.45, 7) is 8.15. The normalized spacial score (nSPS) is 15.7. The average molecular weight is 419 g/mol. The molecule has 3 rings (SSSR count). The molecule has 1 aliphatic rings. The Bertz CT molecular complexity index is 838. The molecule has 0 aromatic heterocycles. The first kappa shape index (κ1) is 21.3. The zero-order chi connectivity index (χ0) is 20.8. The molecule has 7 heteroatoms. The van der Waals surface area contributed by atoms with E-state index >= 15 is 0 Å². The van der Waals surface area contributed by atoms with Crippen LogP contribution in [0, 0.1) is 0 Å². The molecule has 0 aliphatic carbocycles. The Morgan fingerprint density at radius 2 is 1.93 bits per heavy atom. The van der Waals surface area contributed by atoms with E-state index < -0.39 is 0 Å². The molecule has 1 aliphatic heterocycles. The number of amides is 1. The van der Waals surface area contributed by atoms with E-state index in [9.17, 15) is 4.79 Å². The van der Waals surface area contributed by atoms with Gasteiger partial charge in [-0.05, 0) is 44.2 Å². The van der Waals surface area contributed by atoms with E-state index in [1.807, 2.05) is 32.0 Å². The molecule has 2 aromatic rings. The number of hydrogen-bond acceptors (Lipinski definition) is 4. The lowest BCUT2D eigenvalue weighted by atomic mass is 10.2. The van der Waals surface area contributed by atoms with Gasteiger partial charge < -0.3 is 24.6 Å². The van der Waals surface area contributed by atoms with Gasteiger partial charge in [-0.15, -0.1) is 0 Å². The first-order valence-electron chi connectivity index (χ1n) is 9.99. The molecule has 1 saturated heterocycles. The maximum Gasteiger partial charge on any atom is 0.282 e. The summed E-state index contributed by atoms with van der Waals surface area (Å²) in [5.41, 5.74) is 1.80. The molecule has 6 nitrogen and oxygen atoms in total. The number of methoxy groups -OCH3 is 1. The molecule has 1 atom stereocenters. The van der Waals surface area contributed by atoms with Crippen LogP contribution in [0.2, 0.25) is 5.02 Å². The fourth-order valence-corrected chi connectivity index (χ4v) is 3.90. The van der Waals surface area contributed by atoms with Gasteiger partial charge in [-0.1, -0.05) is 23.7 Å². The van der Waals surface area contributed by atoms with E-state index in [1.54, 1.807) is 25.3 Å². The Kier molecular flexibility index (Phi) is 7.23. The van der Waals surface area contributed by atoms with E-state index in [1.165, 1.54) is 4.90 Å². The summed E-state index contributed by atoms with van der Waals surface area (Å²) in [5, 5.41) is 3.45. The topological polar surface area (TPSA) is 55.2 Å². The molecule has 0 bridgehead atoms. The highest BCUT2D eigenvalue weighted by Gasteiger charge is 2.30. The maximum absolute atomic E-state index is 12.7. The quantitative estimate of drug-likeness (QED) is 0.725. The molecular formula is C22H29ClN3O3+. The van der Waals surface area contributed by atoms with Crippen molar-refractivity contribution in [2.75, 3.05) is 50.1 Å². The Morgan fingerprint density at radius 1 is 1.21 bits per heavy atom. The molecule has 156 valence electrons. The molecule has 2 aromatic carbocycles. The van der Waals surface area contributed by atoms with Gasteiger partial charge in [-0.25, -0.2) is 0 Å². The highest BCUT2D eigenvalue weighted by Crippen LogP contribution is 2.28. The van der Waals surface area contributed by atoms with Crippen LogP contribution in [0.3, 0.4) is 0 Å². The number of benzene rings is 2. The highest BCUT2D eigenvalue weighted by atomic mass is 35.5. The Morgan fingerprint density at radius 3 is 2.59 bits per heavy atom. The summed E-state index contributed by atoms with van der Waals surface area (Å²) < 4.78 is 10.9. The van der Waals surface area contributed by atoms with Crippen LogP contribution in [0.15, 0.2) is 42.5 Å². The van der Waals surface area contributed by atoms with Crippen LogP contribution in [-0.4, -0.2) is 51.8 Å². The van der Waals surface area contributed by atoms with Crippen LogP contribution in [0.5, 0.6) is 11.5 Å².